The van der Waals surface area contributed by atoms with E-state index < -0.39 is 0 Å². The number of carbonyl (C=O) groups excluding carboxylic acids is 1. The summed E-state index contributed by atoms with van der Waals surface area (Å²) < 4.78 is 6.89. The second kappa shape index (κ2) is 4.77. The second-order valence-corrected chi connectivity index (χ2v) is 4.62. The minimum atomic E-state index is -0.146. The first-order chi connectivity index (χ1) is 8.11. The number of hydrogen-bond acceptors (Lipinski definition) is 4. The number of ether oxygens (including phenoxy) is 1. The van der Waals surface area contributed by atoms with E-state index in [0.29, 0.717) is 25.6 Å². The molecule has 0 bridgehead atoms. The SMILES string of the molecule is CCOC(=O)C1CNc2cc(C(C)C)nn2C1. The van der Waals surface area contributed by atoms with Gasteiger partial charge >= 0.3 is 5.97 Å². The molecule has 0 amide bonds. The summed E-state index contributed by atoms with van der Waals surface area (Å²) in [6, 6.07) is 2.05. The zero-order valence-corrected chi connectivity index (χ0v) is 10.6. The average molecular weight is 237 g/mol. The fraction of sp³-hybridized carbons (Fsp3) is 0.667. The Morgan fingerprint density at radius 1 is 1.71 bits per heavy atom. The van der Waals surface area contributed by atoms with Crippen LogP contribution in [-0.2, 0) is 16.1 Å². The van der Waals surface area contributed by atoms with Crippen LogP contribution in [0.2, 0.25) is 0 Å². The first-order valence-electron chi connectivity index (χ1n) is 6.10. The van der Waals surface area contributed by atoms with E-state index in [4.69, 9.17) is 4.74 Å². The highest BCUT2D eigenvalue weighted by Crippen LogP contribution is 2.23. The third kappa shape index (κ3) is 2.43. The van der Waals surface area contributed by atoms with Crippen LogP contribution in [0.1, 0.15) is 32.4 Å². The van der Waals surface area contributed by atoms with Crippen molar-refractivity contribution in [3.63, 3.8) is 0 Å². The van der Waals surface area contributed by atoms with Gasteiger partial charge in [-0.15, -0.1) is 0 Å². The van der Waals surface area contributed by atoms with Crippen molar-refractivity contribution in [2.45, 2.75) is 33.2 Å². The van der Waals surface area contributed by atoms with Gasteiger partial charge in [0, 0.05) is 12.6 Å². The Morgan fingerprint density at radius 3 is 3.12 bits per heavy atom. The van der Waals surface area contributed by atoms with E-state index in [2.05, 4.69) is 24.3 Å². The van der Waals surface area contributed by atoms with Crippen LogP contribution in [0.15, 0.2) is 6.07 Å². The number of fused-ring (bicyclic) bond motifs is 1. The van der Waals surface area contributed by atoms with E-state index in [1.54, 1.807) is 0 Å². The Bertz CT molecular complexity index is 412. The molecule has 1 aliphatic heterocycles. The van der Waals surface area contributed by atoms with Crippen molar-refractivity contribution < 1.29 is 9.53 Å². The van der Waals surface area contributed by atoms with E-state index in [0.717, 1.165) is 11.5 Å². The second-order valence-electron chi connectivity index (χ2n) is 4.62. The van der Waals surface area contributed by atoms with Gasteiger partial charge in [0.2, 0.25) is 0 Å². The number of aromatic nitrogens is 2. The summed E-state index contributed by atoms with van der Waals surface area (Å²) in [6.45, 7) is 7.70. The van der Waals surface area contributed by atoms with Crippen molar-refractivity contribution in [1.82, 2.24) is 9.78 Å². The molecule has 17 heavy (non-hydrogen) atoms. The maximum absolute atomic E-state index is 11.6. The Labute approximate surface area is 101 Å². The number of nitrogens with one attached hydrogen (secondary N) is 1. The minimum absolute atomic E-state index is 0.137. The summed E-state index contributed by atoms with van der Waals surface area (Å²) in [5, 5.41) is 7.72. The van der Waals surface area contributed by atoms with E-state index in [9.17, 15) is 4.79 Å². The summed E-state index contributed by atoms with van der Waals surface area (Å²) in [7, 11) is 0. The maximum atomic E-state index is 11.6. The minimum Gasteiger partial charge on any atom is -0.466 e. The molecule has 1 aromatic rings. The van der Waals surface area contributed by atoms with Gasteiger partial charge < -0.3 is 10.1 Å². The van der Waals surface area contributed by atoms with Gasteiger partial charge in [-0.3, -0.25) is 4.79 Å². The van der Waals surface area contributed by atoms with Crippen LogP contribution in [0.3, 0.4) is 0 Å². The molecule has 2 heterocycles. The maximum Gasteiger partial charge on any atom is 0.312 e. The van der Waals surface area contributed by atoms with Crippen molar-refractivity contribution in [2.24, 2.45) is 5.92 Å². The molecule has 94 valence electrons. The van der Waals surface area contributed by atoms with E-state index in [-0.39, 0.29) is 11.9 Å². The summed E-state index contributed by atoms with van der Waals surface area (Å²) in [5.41, 5.74) is 1.05. The zero-order valence-electron chi connectivity index (χ0n) is 10.6. The van der Waals surface area contributed by atoms with Crippen LogP contribution < -0.4 is 5.32 Å². The lowest BCUT2D eigenvalue weighted by atomic mass is 10.1. The topological polar surface area (TPSA) is 56.1 Å². The molecular formula is C12H19N3O2. The Balaban J connectivity index is 2.10. The Hall–Kier alpha value is -1.52. The molecule has 1 atom stereocenters. The lowest BCUT2D eigenvalue weighted by molar-refractivity contribution is -0.148. The van der Waals surface area contributed by atoms with E-state index in [1.165, 1.54) is 0 Å². The molecule has 1 N–H and O–H groups in total. The highest BCUT2D eigenvalue weighted by atomic mass is 16.5. The van der Waals surface area contributed by atoms with Gasteiger partial charge in [-0.05, 0) is 12.8 Å². The van der Waals surface area contributed by atoms with Gasteiger partial charge in [-0.25, -0.2) is 4.68 Å². The van der Waals surface area contributed by atoms with Gasteiger partial charge in [0.15, 0.2) is 0 Å². The number of nitrogens with zero attached hydrogens (tertiary/aromatic N) is 2. The molecule has 1 aromatic heterocycles. The number of rotatable bonds is 3. The molecule has 0 saturated heterocycles. The standard InChI is InChI=1S/C12H19N3O2/c1-4-17-12(16)9-6-13-11-5-10(8(2)3)14-15(11)7-9/h5,8-9,13H,4,6-7H2,1-3H3. The Kier molecular flexibility index (Phi) is 3.36. The fourth-order valence-corrected chi connectivity index (χ4v) is 1.92. The van der Waals surface area contributed by atoms with E-state index >= 15 is 0 Å². The highest BCUT2D eigenvalue weighted by molar-refractivity contribution is 5.73. The molecule has 0 fully saturated rings. The van der Waals surface area contributed by atoms with Crippen LogP contribution in [-0.4, -0.2) is 28.9 Å². The first-order valence-corrected chi connectivity index (χ1v) is 6.10. The zero-order chi connectivity index (χ0) is 12.4. The normalized spacial score (nSPS) is 18.7. The van der Waals surface area contributed by atoms with Crippen molar-refractivity contribution >= 4 is 11.8 Å². The quantitative estimate of drug-likeness (QED) is 0.811. The summed E-state index contributed by atoms with van der Waals surface area (Å²) in [4.78, 5) is 11.6. The van der Waals surface area contributed by atoms with Crippen LogP contribution in [0.4, 0.5) is 5.82 Å². The van der Waals surface area contributed by atoms with E-state index in [1.807, 2.05) is 17.7 Å². The third-order valence-electron chi connectivity index (χ3n) is 2.93. The van der Waals surface area contributed by atoms with Crippen molar-refractivity contribution in [3.05, 3.63) is 11.8 Å². The van der Waals surface area contributed by atoms with Crippen molar-refractivity contribution in [1.29, 1.82) is 0 Å². The van der Waals surface area contributed by atoms with Gasteiger partial charge in [0.25, 0.3) is 0 Å². The van der Waals surface area contributed by atoms with Crippen molar-refractivity contribution in [2.75, 3.05) is 18.5 Å². The number of carbonyl (C=O) groups is 1. The molecule has 1 unspecified atom stereocenters. The third-order valence-corrected chi connectivity index (χ3v) is 2.93. The number of hydrogen-bond donors (Lipinski definition) is 1. The number of esters is 1. The Morgan fingerprint density at radius 2 is 2.47 bits per heavy atom. The van der Waals surface area contributed by atoms with Gasteiger partial charge in [-0.1, -0.05) is 13.8 Å². The monoisotopic (exact) mass is 237 g/mol. The summed E-state index contributed by atoms with van der Waals surface area (Å²) in [6.07, 6.45) is 0. The van der Waals surface area contributed by atoms with Crippen molar-refractivity contribution in [3.8, 4) is 0 Å². The lowest BCUT2D eigenvalue weighted by Crippen LogP contribution is -2.34. The first kappa shape index (κ1) is 12.0. The molecule has 2 rings (SSSR count). The fourth-order valence-electron chi connectivity index (χ4n) is 1.92. The predicted octanol–water partition coefficient (Wildman–Crippen LogP) is 1.61. The molecule has 0 saturated carbocycles. The van der Waals surface area contributed by atoms with Crippen LogP contribution in [0.25, 0.3) is 0 Å². The molecule has 0 radical (unpaired) electrons. The summed E-state index contributed by atoms with van der Waals surface area (Å²) >= 11 is 0. The van der Waals surface area contributed by atoms with Crippen LogP contribution in [0, 0.1) is 5.92 Å². The molecule has 0 aliphatic carbocycles. The largest absolute Gasteiger partial charge is 0.466 e. The lowest BCUT2D eigenvalue weighted by Gasteiger charge is -2.23. The molecule has 5 heteroatoms. The van der Waals surface area contributed by atoms with Gasteiger partial charge in [0.05, 0.1) is 24.8 Å². The highest BCUT2D eigenvalue weighted by Gasteiger charge is 2.26. The molecule has 0 spiro atoms. The van der Waals surface area contributed by atoms with Gasteiger partial charge in [0.1, 0.15) is 5.82 Å². The smallest absolute Gasteiger partial charge is 0.312 e. The molecule has 1 aliphatic rings. The van der Waals surface area contributed by atoms with Crippen LogP contribution in [0.5, 0.6) is 0 Å². The van der Waals surface area contributed by atoms with Gasteiger partial charge in [-0.2, -0.15) is 5.10 Å². The predicted molar refractivity (Wildman–Crippen MR) is 64.9 cm³/mol. The molecule has 5 nitrogen and oxygen atoms in total. The summed E-state index contributed by atoms with van der Waals surface area (Å²) in [5.74, 6) is 1.11. The number of anilines is 1. The molecular weight excluding hydrogens is 218 g/mol. The average Bonchev–Trinajstić information content (AvgIpc) is 2.71. The molecule has 0 aromatic carbocycles. The van der Waals surface area contributed by atoms with Crippen LogP contribution >= 0.6 is 0 Å².